The standard InChI is InChI=1S/C13H23N5O2.HI/c1-14-13(16-8-12-15-4-5-17(12)2)18-6-7-20-11(9-18)10-19-3;/h4-5,11H,6-10H2,1-3H3,(H,14,16);1H. The SMILES string of the molecule is CN=C(NCc1nccn1C)N1CCOC(COC)C1.I. The molecule has 1 fully saturated rings. The van der Waals surface area contributed by atoms with Gasteiger partial charge in [-0.15, -0.1) is 24.0 Å². The van der Waals surface area contributed by atoms with Crippen molar-refractivity contribution in [2.24, 2.45) is 12.0 Å². The number of aryl methyl sites for hydroxylation is 1. The van der Waals surface area contributed by atoms with E-state index in [4.69, 9.17) is 9.47 Å². The molecular weight excluding hydrogens is 385 g/mol. The molecule has 1 aliphatic rings. The van der Waals surface area contributed by atoms with Crippen LogP contribution in [0.15, 0.2) is 17.4 Å². The summed E-state index contributed by atoms with van der Waals surface area (Å²) in [4.78, 5) is 10.8. The quantitative estimate of drug-likeness (QED) is 0.445. The van der Waals surface area contributed by atoms with Crippen molar-refractivity contribution in [2.45, 2.75) is 12.6 Å². The minimum absolute atomic E-state index is 0. The van der Waals surface area contributed by atoms with Crippen LogP contribution in [0.25, 0.3) is 0 Å². The monoisotopic (exact) mass is 409 g/mol. The smallest absolute Gasteiger partial charge is 0.194 e. The van der Waals surface area contributed by atoms with Crippen molar-refractivity contribution in [2.75, 3.05) is 40.5 Å². The maximum Gasteiger partial charge on any atom is 0.194 e. The van der Waals surface area contributed by atoms with Gasteiger partial charge in [-0.2, -0.15) is 0 Å². The maximum absolute atomic E-state index is 5.65. The first-order valence-corrected chi connectivity index (χ1v) is 6.77. The van der Waals surface area contributed by atoms with Crippen molar-refractivity contribution in [1.82, 2.24) is 19.8 Å². The van der Waals surface area contributed by atoms with Gasteiger partial charge in [0.2, 0.25) is 0 Å². The Labute approximate surface area is 142 Å². The molecule has 0 radical (unpaired) electrons. The zero-order valence-electron chi connectivity index (χ0n) is 12.8. The van der Waals surface area contributed by atoms with E-state index >= 15 is 0 Å². The minimum atomic E-state index is 0. The van der Waals surface area contributed by atoms with Crippen molar-refractivity contribution in [3.8, 4) is 0 Å². The van der Waals surface area contributed by atoms with E-state index in [1.165, 1.54) is 0 Å². The van der Waals surface area contributed by atoms with E-state index < -0.39 is 0 Å². The highest BCUT2D eigenvalue weighted by molar-refractivity contribution is 14.0. The number of guanidine groups is 1. The Bertz CT molecular complexity index is 450. The first-order chi connectivity index (χ1) is 9.74. The molecule has 1 aromatic rings. The molecule has 2 rings (SSSR count). The highest BCUT2D eigenvalue weighted by Gasteiger charge is 2.22. The van der Waals surface area contributed by atoms with E-state index in [1.54, 1.807) is 20.4 Å². The predicted octanol–water partition coefficient (Wildman–Crippen LogP) is 0.461. The summed E-state index contributed by atoms with van der Waals surface area (Å²) in [6.07, 6.45) is 3.83. The van der Waals surface area contributed by atoms with Crippen molar-refractivity contribution in [3.63, 3.8) is 0 Å². The van der Waals surface area contributed by atoms with Gasteiger partial charge in [0.05, 0.1) is 25.9 Å². The van der Waals surface area contributed by atoms with E-state index in [9.17, 15) is 0 Å². The summed E-state index contributed by atoms with van der Waals surface area (Å²) in [5.74, 6) is 1.85. The highest BCUT2D eigenvalue weighted by atomic mass is 127. The fourth-order valence-corrected chi connectivity index (χ4v) is 2.26. The van der Waals surface area contributed by atoms with E-state index in [0.29, 0.717) is 19.8 Å². The fourth-order valence-electron chi connectivity index (χ4n) is 2.26. The normalized spacial score (nSPS) is 19.3. The van der Waals surface area contributed by atoms with Crippen LogP contribution >= 0.6 is 24.0 Å². The molecule has 1 aliphatic heterocycles. The highest BCUT2D eigenvalue weighted by Crippen LogP contribution is 2.06. The second-order valence-corrected chi connectivity index (χ2v) is 4.75. The van der Waals surface area contributed by atoms with E-state index in [1.807, 2.05) is 17.8 Å². The molecular formula is C13H24IN5O2. The minimum Gasteiger partial charge on any atom is -0.382 e. The lowest BCUT2D eigenvalue weighted by Crippen LogP contribution is -2.51. The molecule has 0 bridgehead atoms. The van der Waals surface area contributed by atoms with Crippen LogP contribution in [0.1, 0.15) is 5.82 Å². The number of hydrogen-bond acceptors (Lipinski definition) is 4. The zero-order valence-corrected chi connectivity index (χ0v) is 15.1. The second kappa shape index (κ2) is 9.21. The van der Waals surface area contributed by atoms with Crippen LogP contribution < -0.4 is 5.32 Å². The van der Waals surface area contributed by atoms with Crippen LogP contribution in [0, 0.1) is 0 Å². The van der Waals surface area contributed by atoms with Gasteiger partial charge in [-0.3, -0.25) is 4.99 Å². The molecule has 0 aromatic carbocycles. The number of nitrogens with zero attached hydrogens (tertiary/aromatic N) is 4. The van der Waals surface area contributed by atoms with Crippen molar-refractivity contribution in [1.29, 1.82) is 0 Å². The molecule has 8 heteroatoms. The average Bonchev–Trinajstić information content (AvgIpc) is 2.86. The lowest BCUT2D eigenvalue weighted by atomic mass is 10.3. The van der Waals surface area contributed by atoms with E-state index in [2.05, 4.69) is 20.2 Å². The molecule has 0 amide bonds. The lowest BCUT2D eigenvalue weighted by Gasteiger charge is -2.34. The Hall–Kier alpha value is -0.870. The summed E-state index contributed by atoms with van der Waals surface area (Å²) < 4.78 is 12.8. The zero-order chi connectivity index (χ0) is 14.4. The molecule has 1 atom stereocenters. The van der Waals surface area contributed by atoms with Gasteiger partial charge >= 0.3 is 0 Å². The van der Waals surface area contributed by atoms with Crippen LogP contribution in [0.2, 0.25) is 0 Å². The van der Waals surface area contributed by atoms with Crippen LogP contribution in [0.3, 0.4) is 0 Å². The van der Waals surface area contributed by atoms with Gasteiger partial charge in [-0.1, -0.05) is 0 Å². The molecule has 0 spiro atoms. The Balaban J connectivity index is 0.00000220. The van der Waals surface area contributed by atoms with Gasteiger partial charge in [-0.05, 0) is 0 Å². The van der Waals surface area contributed by atoms with Gasteiger partial charge in [-0.25, -0.2) is 4.98 Å². The number of nitrogens with one attached hydrogen (secondary N) is 1. The first kappa shape index (κ1) is 18.2. The summed E-state index contributed by atoms with van der Waals surface area (Å²) in [5, 5.41) is 3.34. The molecule has 2 heterocycles. The summed E-state index contributed by atoms with van der Waals surface area (Å²) in [6, 6.07) is 0. The summed E-state index contributed by atoms with van der Waals surface area (Å²) in [7, 11) is 5.47. The molecule has 0 saturated carbocycles. The fraction of sp³-hybridized carbons (Fsp3) is 0.692. The van der Waals surface area contributed by atoms with Gasteiger partial charge < -0.3 is 24.3 Å². The molecule has 120 valence electrons. The Morgan fingerprint density at radius 3 is 3.05 bits per heavy atom. The largest absolute Gasteiger partial charge is 0.382 e. The number of hydrogen-bond donors (Lipinski definition) is 1. The van der Waals surface area contributed by atoms with Crippen molar-refractivity contribution >= 4 is 29.9 Å². The van der Waals surface area contributed by atoms with Crippen LogP contribution in [-0.4, -0.2) is 67.0 Å². The lowest BCUT2D eigenvalue weighted by molar-refractivity contribution is -0.0447. The van der Waals surface area contributed by atoms with Crippen LogP contribution in [-0.2, 0) is 23.1 Å². The molecule has 1 unspecified atom stereocenters. The number of halogens is 1. The van der Waals surface area contributed by atoms with Gasteiger partial charge in [0, 0.05) is 46.7 Å². The maximum atomic E-state index is 5.65. The van der Waals surface area contributed by atoms with Gasteiger partial charge in [0.1, 0.15) is 5.82 Å². The Kier molecular flexibility index (Phi) is 7.97. The van der Waals surface area contributed by atoms with Gasteiger partial charge in [0.25, 0.3) is 0 Å². The molecule has 0 aliphatic carbocycles. The third-order valence-corrected chi connectivity index (χ3v) is 3.33. The molecule has 21 heavy (non-hydrogen) atoms. The Morgan fingerprint density at radius 2 is 2.43 bits per heavy atom. The van der Waals surface area contributed by atoms with E-state index in [-0.39, 0.29) is 30.1 Å². The average molecular weight is 409 g/mol. The first-order valence-electron chi connectivity index (χ1n) is 6.77. The number of morpholine rings is 1. The molecule has 1 N–H and O–H groups in total. The molecule has 1 aromatic heterocycles. The third-order valence-electron chi connectivity index (χ3n) is 3.33. The number of methoxy groups -OCH3 is 1. The summed E-state index contributed by atoms with van der Waals surface area (Å²) in [5.41, 5.74) is 0. The van der Waals surface area contributed by atoms with Gasteiger partial charge in [0.15, 0.2) is 5.96 Å². The number of imidazole rings is 1. The number of ether oxygens (including phenoxy) is 2. The molecule has 7 nitrogen and oxygen atoms in total. The number of aliphatic imine (C=N–C) groups is 1. The summed E-state index contributed by atoms with van der Waals surface area (Å²) >= 11 is 0. The molecule has 1 saturated heterocycles. The third kappa shape index (κ3) is 5.11. The number of aromatic nitrogens is 2. The van der Waals surface area contributed by atoms with E-state index in [0.717, 1.165) is 24.9 Å². The Morgan fingerprint density at radius 1 is 1.62 bits per heavy atom. The second-order valence-electron chi connectivity index (χ2n) is 4.75. The predicted molar refractivity (Wildman–Crippen MR) is 92.0 cm³/mol. The van der Waals surface area contributed by atoms with Crippen LogP contribution in [0.4, 0.5) is 0 Å². The van der Waals surface area contributed by atoms with Crippen molar-refractivity contribution in [3.05, 3.63) is 18.2 Å². The van der Waals surface area contributed by atoms with Crippen LogP contribution in [0.5, 0.6) is 0 Å². The topological polar surface area (TPSA) is 63.9 Å². The van der Waals surface area contributed by atoms with Crippen molar-refractivity contribution < 1.29 is 9.47 Å². The number of rotatable bonds is 4. The summed E-state index contributed by atoms with van der Waals surface area (Å²) in [6.45, 7) is 3.57.